The van der Waals surface area contributed by atoms with E-state index < -0.39 is 0 Å². The molecule has 152 valence electrons. The zero-order valence-electron chi connectivity index (χ0n) is 17.1. The number of rotatable bonds is 9. The van der Waals surface area contributed by atoms with Gasteiger partial charge in [0.2, 0.25) is 0 Å². The lowest BCUT2D eigenvalue weighted by Crippen LogP contribution is -2.37. The molecule has 1 unspecified atom stereocenters. The van der Waals surface area contributed by atoms with Crippen LogP contribution in [0, 0.1) is 6.92 Å². The number of benzene rings is 2. The molecule has 1 N–H and O–H groups in total. The molecule has 2 aromatic carbocycles. The molecule has 1 aromatic heterocycles. The van der Waals surface area contributed by atoms with Gasteiger partial charge >= 0.3 is 0 Å². The van der Waals surface area contributed by atoms with Crippen LogP contribution in [0.15, 0.2) is 60.7 Å². The van der Waals surface area contributed by atoms with Crippen molar-refractivity contribution in [3.8, 4) is 17.2 Å². The molecule has 1 atom stereocenters. The fourth-order valence-electron chi connectivity index (χ4n) is 3.12. The Kier molecular flexibility index (Phi) is 6.89. The summed E-state index contributed by atoms with van der Waals surface area (Å²) in [7, 11) is 0. The quantitative estimate of drug-likeness (QED) is 0.602. The van der Waals surface area contributed by atoms with Gasteiger partial charge in [0.25, 0.3) is 5.91 Å². The molecule has 1 amide bonds. The van der Waals surface area contributed by atoms with E-state index in [4.69, 9.17) is 9.47 Å². The van der Waals surface area contributed by atoms with Crippen molar-refractivity contribution in [2.75, 3.05) is 13.2 Å². The van der Waals surface area contributed by atoms with Crippen molar-refractivity contribution in [3.05, 3.63) is 72.1 Å². The second-order valence-electron chi connectivity index (χ2n) is 6.89. The molecule has 6 nitrogen and oxygen atoms in total. The van der Waals surface area contributed by atoms with Crippen LogP contribution in [0.3, 0.4) is 0 Å². The summed E-state index contributed by atoms with van der Waals surface area (Å²) in [5, 5.41) is 7.57. The van der Waals surface area contributed by atoms with Crippen molar-refractivity contribution in [1.82, 2.24) is 15.1 Å². The number of ether oxygens (including phenoxy) is 2. The Balaban J connectivity index is 1.53. The van der Waals surface area contributed by atoms with E-state index in [1.807, 2.05) is 74.0 Å². The predicted octanol–water partition coefficient (Wildman–Crippen LogP) is 3.71. The molecule has 0 spiro atoms. The summed E-state index contributed by atoms with van der Waals surface area (Å²) < 4.78 is 12.9. The first-order valence-electron chi connectivity index (χ1n) is 9.81. The van der Waals surface area contributed by atoms with Crippen molar-refractivity contribution in [3.63, 3.8) is 0 Å². The zero-order valence-corrected chi connectivity index (χ0v) is 17.1. The predicted molar refractivity (Wildman–Crippen MR) is 113 cm³/mol. The molecule has 3 aromatic rings. The Bertz CT molecular complexity index is 920. The lowest BCUT2D eigenvalue weighted by atomic mass is 10.1. The van der Waals surface area contributed by atoms with Crippen LogP contribution >= 0.6 is 0 Å². The molecular formula is C23H27N3O3. The van der Waals surface area contributed by atoms with E-state index in [2.05, 4.69) is 10.4 Å². The van der Waals surface area contributed by atoms with Gasteiger partial charge in [-0.1, -0.05) is 18.2 Å². The molecule has 1 heterocycles. The number of aromatic nitrogens is 2. The minimum Gasteiger partial charge on any atom is -0.494 e. The average Bonchev–Trinajstić information content (AvgIpc) is 3.08. The second kappa shape index (κ2) is 9.78. The molecule has 3 rings (SSSR count). The van der Waals surface area contributed by atoms with E-state index in [0.29, 0.717) is 18.8 Å². The molecule has 6 heteroatoms. The maximum Gasteiger partial charge on any atom is 0.258 e. The third-order valence-electron chi connectivity index (χ3n) is 4.33. The highest BCUT2D eigenvalue weighted by molar-refractivity contribution is 5.77. The molecule has 29 heavy (non-hydrogen) atoms. The van der Waals surface area contributed by atoms with Crippen molar-refractivity contribution in [2.24, 2.45) is 0 Å². The summed E-state index contributed by atoms with van der Waals surface area (Å²) in [6, 6.07) is 19.2. The normalized spacial score (nSPS) is 11.7. The molecular weight excluding hydrogens is 366 g/mol. The van der Waals surface area contributed by atoms with Crippen molar-refractivity contribution in [2.45, 2.75) is 33.2 Å². The zero-order chi connectivity index (χ0) is 20.6. The van der Waals surface area contributed by atoms with E-state index in [1.54, 1.807) is 12.1 Å². The number of aryl methyl sites for hydroxylation is 1. The van der Waals surface area contributed by atoms with Gasteiger partial charge in [-0.3, -0.25) is 4.79 Å². The average molecular weight is 393 g/mol. The fraction of sp³-hybridized carbons (Fsp3) is 0.304. The van der Waals surface area contributed by atoms with E-state index in [0.717, 1.165) is 22.8 Å². The molecule has 0 bridgehead atoms. The van der Waals surface area contributed by atoms with Gasteiger partial charge in [-0.15, -0.1) is 0 Å². The van der Waals surface area contributed by atoms with Crippen molar-refractivity contribution in [1.29, 1.82) is 0 Å². The van der Waals surface area contributed by atoms with Crippen LogP contribution in [0.1, 0.15) is 25.2 Å². The molecule has 0 radical (unpaired) electrons. The number of nitrogens with one attached hydrogen (secondary N) is 1. The minimum atomic E-state index is -0.158. The van der Waals surface area contributed by atoms with Gasteiger partial charge in [0.15, 0.2) is 6.61 Å². The smallest absolute Gasteiger partial charge is 0.258 e. The summed E-state index contributed by atoms with van der Waals surface area (Å²) in [4.78, 5) is 12.3. The lowest BCUT2D eigenvalue weighted by Gasteiger charge is -2.15. The van der Waals surface area contributed by atoms with Gasteiger partial charge in [0, 0.05) is 18.2 Å². The Morgan fingerprint density at radius 1 is 1.07 bits per heavy atom. The molecule has 0 aliphatic heterocycles. The monoisotopic (exact) mass is 393 g/mol. The topological polar surface area (TPSA) is 65.4 Å². The number of nitrogens with zero attached hydrogens (tertiary/aromatic N) is 2. The minimum absolute atomic E-state index is 0.0324. The summed E-state index contributed by atoms with van der Waals surface area (Å²) in [6.07, 6.45) is 0.671. The highest BCUT2D eigenvalue weighted by Gasteiger charge is 2.14. The number of hydrogen-bond donors (Lipinski definition) is 1. The molecule has 0 aliphatic carbocycles. The first-order chi connectivity index (χ1) is 14.0. The summed E-state index contributed by atoms with van der Waals surface area (Å²) in [6.45, 7) is 6.46. The molecule has 0 saturated heterocycles. The molecule has 0 aliphatic rings. The maximum atomic E-state index is 12.3. The molecule has 0 saturated carbocycles. The van der Waals surface area contributed by atoms with Gasteiger partial charge in [0.05, 0.1) is 18.0 Å². The summed E-state index contributed by atoms with van der Waals surface area (Å²) in [5.74, 6) is 1.26. The van der Waals surface area contributed by atoms with Gasteiger partial charge in [0.1, 0.15) is 11.5 Å². The largest absolute Gasteiger partial charge is 0.494 e. The van der Waals surface area contributed by atoms with E-state index in [1.165, 1.54) is 0 Å². The Hall–Kier alpha value is -3.28. The van der Waals surface area contributed by atoms with Gasteiger partial charge in [-0.2, -0.15) is 5.10 Å². The van der Waals surface area contributed by atoms with Crippen LogP contribution in [0.4, 0.5) is 0 Å². The van der Waals surface area contributed by atoms with E-state index in [9.17, 15) is 4.79 Å². The molecule has 0 fully saturated rings. The fourth-order valence-corrected chi connectivity index (χ4v) is 3.12. The number of carbonyl (C=O) groups excluding carboxylic acids is 1. The first-order valence-corrected chi connectivity index (χ1v) is 9.81. The van der Waals surface area contributed by atoms with Crippen LogP contribution in [0.5, 0.6) is 11.5 Å². The summed E-state index contributed by atoms with van der Waals surface area (Å²) >= 11 is 0. The number of carbonyl (C=O) groups is 1. The Labute approximate surface area is 171 Å². The number of para-hydroxylation sites is 1. The SMILES string of the molecule is CCOc1ccc(OCC(=O)NC(C)Cc2cc(C)nn2-c2ccccc2)cc1. The highest BCUT2D eigenvalue weighted by atomic mass is 16.5. The van der Waals surface area contributed by atoms with Crippen LogP contribution in [-0.4, -0.2) is 34.9 Å². The Morgan fingerprint density at radius 3 is 2.38 bits per heavy atom. The lowest BCUT2D eigenvalue weighted by molar-refractivity contribution is -0.123. The second-order valence-corrected chi connectivity index (χ2v) is 6.89. The van der Waals surface area contributed by atoms with Crippen LogP contribution in [0.2, 0.25) is 0 Å². The first kappa shape index (κ1) is 20.5. The highest BCUT2D eigenvalue weighted by Crippen LogP contribution is 2.17. The number of hydrogen-bond acceptors (Lipinski definition) is 4. The Morgan fingerprint density at radius 2 is 1.72 bits per heavy atom. The van der Waals surface area contributed by atoms with E-state index in [-0.39, 0.29) is 18.6 Å². The van der Waals surface area contributed by atoms with Crippen molar-refractivity contribution >= 4 is 5.91 Å². The third kappa shape index (κ3) is 5.85. The van der Waals surface area contributed by atoms with Gasteiger partial charge < -0.3 is 14.8 Å². The van der Waals surface area contributed by atoms with Gasteiger partial charge in [-0.25, -0.2) is 4.68 Å². The third-order valence-corrected chi connectivity index (χ3v) is 4.33. The maximum absolute atomic E-state index is 12.3. The van der Waals surface area contributed by atoms with E-state index >= 15 is 0 Å². The summed E-state index contributed by atoms with van der Waals surface area (Å²) in [5.41, 5.74) is 3.00. The van der Waals surface area contributed by atoms with Crippen LogP contribution in [-0.2, 0) is 11.2 Å². The van der Waals surface area contributed by atoms with Gasteiger partial charge in [-0.05, 0) is 63.2 Å². The van der Waals surface area contributed by atoms with Crippen LogP contribution < -0.4 is 14.8 Å². The van der Waals surface area contributed by atoms with Crippen LogP contribution in [0.25, 0.3) is 5.69 Å². The van der Waals surface area contributed by atoms with Crippen molar-refractivity contribution < 1.29 is 14.3 Å². The number of amides is 1. The standard InChI is InChI=1S/C23H27N3O3/c1-4-28-21-10-12-22(13-11-21)29-16-23(27)24-17(2)14-20-15-18(3)25-26(20)19-8-6-5-7-9-19/h5-13,15,17H,4,14,16H2,1-3H3,(H,24,27).